The Kier molecular flexibility index (Phi) is 6.06. The fraction of sp³-hybridized carbons (Fsp3) is 0.364. The fourth-order valence-corrected chi connectivity index (χ4v) is 1.50. The van der Waals surface area contributed by atoms with Crippen LogP contribution >= 0.6 is 0 Å². The van der Waals surface area contributed by atoms with Gasteiger partial charge in [-0.05, 0) is 6.07 Å². The van der Waals surface area contributed by atoms with Crippen molar-refractivity contribution in [3.8, 4) is 0 Å². The lowest BCUT2D eigenvalue weighted by Gasteiger charge is -2.03. The smallest absolute Gasteiger partial charge is 0.248 e. The Morgan fingerprint density at radius 1 is 1.19 bits per heavy atom. The van der Waals surface area contributed by atoms with Gasteiger partial charge in [-0.25, -0.2) is 0 Å². The first-order chi connectivity index (χ1) is 7.07. The first-order valence-corrected chi connectivity index (χ1v) is 4.73. The van der Waals surface area contributed by atoms with Crippen molar-refractivity contribution in [3.63, 3.8) is 0 Å². The van der Waals surface area contributed by atoms with Gasteiger partial charge in [0.15, 0.2) is 6.54 Å². The van der Waals surface area contributed by atoms with Crippen LogP contribution < -0.4 is 21.5 Å². The Morgan fingerprint density at radius 2 is 1.62 bits per heavy atom. The Morgan fingerprint density at radius 3 is 1.94 bits per heavy atom. The zero-order valence-electron chi connectivity index (χ0n) is 9.24. The summed E-state index contributed by atoms with van der Waals surface area (Å²) in [6.45, 7) is 3.03. The molecule has 4 nitrogen and oxygen atoms in total. The van der Waals surface area contributed by atoms with Crippen LogP contribution in [0.5, 0.6) is 0 Å². The van der Waals surface area contributed by atoms with Crippen molar-refractivity contribution in [2.24, 2.45) is 0 Å². The van der Waals surface area contributed by atoms with E-state index in [0.29, 0.717) is 11.4 Å². The van der Waals surface area contributed by atoms with Crippen molar-refractivity contribution in [2.45, 2.75) is 20.4 Å². The van der Waals surface area contributed by atoms with Gasteiger partial charge in [0, 0.05) is 26.0 Å². The highest BCUT2D eigenvalue weighted by molar-refractivity contribution is 5.93. The monoisotopic (exact) mass is 287 g/mol. The fourth-order valence-electron chi connectivity index (χ4n) is 1.50. The summed E-state index contributed by atoms with van der Waals surface area (Å²) < 4.78 is 1.55. The number of Topliss-reactive ketones (excluding diaryl/α,β-unsaturated/α-hetero) is 2. The zero-order chi connectivity index (χ0) is 11.4. The molecule has 0 atom stereocenters. The predicted molar refractivity (Wildman–Crippen MR) is 53.7 cm³/mol. The van der Waals surface area contributed by atoms with E-state index in [1.807, 2.05) is 0 Å². The minimum atomic E-state index is -0.119. The summed E-state index contributed by atoms with van der Waals surface area (Å²) in [4.78, 5) is 22.6. The van der Waals surface area contributed by atoms with Crippen molar-refractivity contribution < 1.29 is 36.2 Å². The molecule has 0 aliphatic carbocycles. The van der Waals surface area contributed by atoms with Gasteiger partial charge in [0.1, 0.15) is 6.61 Å². The van der Waals surface area contributed by atoms with E-state index in [9.17, 15) is 9.59 Å². The molecule has 0 saturated carbocycles. The first kappa shape index (κ1) is 14.9. The summed E-state index contributed by atoms with van der Waals surface area (Å²) in [5.41, 5.74) is 0.883. The number of aromatic nitrogens is 1. The molecular formula is C11H14BrNO3. The maximum Gasteiger partial charge on any atom is 0.248 e. The van der Waals surface area contributed by atoms with Gasteiger partial charge in [-0.15, -0.1) is 0 Å². The average molecular weight is 288 g/mol. The summed E-state index contributed by atoms with van der Waals surface area (Å²) in [6, 6.07) is 4.95. The highest BCUT2D eigenvalue weighted by Crippen LogP contribution is 1.99. The van der Waals surface area contributed by atoms with Crippen LogP contribution in [0.1, 0.15) is 34.8 Å². The molecule has 0 radical (unpaired) electrons. The maximum absolute atomic E-state index is 11.3. The molecule has 1 N–H and O–H groups in total. The van der Waals surface area contributed by atoms with Crippen molar-refractivity contribution in [1.29, 1.82) is 0 Å². The molecule has 88 valence electrons. The number of nitrogens with zero attached hydrogens (tertiary/aromatic N) is 1. The van der Waals surface area contributed by atoms with Gasteiger partial charge >= 0.3 is 0 Å². The molecule has 0 bridgehead atoms. The summed E-state index contributed by atoms with van der Waals surface area (Å²) in [5, 5.41) is 8.89. The molecule has 0 fully saturated rings. The third-order valence-electron chi connectivity index (χ3n) is 2.13. The molecule has 0 saturated heterocycles. The molecule has 0 unspecified atom stereocenters. The number of halogens is 1. The minimum Gasteiger partial charge on any atom is -1.00 e. The summed E-state index contributed by atoms with van der Waals surface area (Å²) in [5.74, 6) is -0.238. The maximum atomic E-state index is 11.3. The second-order valence-corrected chi connectivity index (χ2v) is 3.28. The molecular weight excluding hydrogens is 274 g/mol. The van der Waals surface area contributed by atoms with Crippen molar-refractivity contribution in [3.05, 3.63) is 29.6 Å². The van der Waals surface area contributed by atoms with Crippen LogP contribution in [0.2, 0.25) is 0 Å². The zero-order valence-corrected chi connectivity index (χ0v) is 10.8. The normalized spacial score (nSPS) is 9.44. The summed E-state index contributed by atoms with van der Waals surface area (Å²) >= 11 is 0. The lowest BCUT2D eigenvalue weighted by molar-refractivity contribution is -0.701. The van der Waals surface area contributed by atoms with Crippen molar-refractivity contribution in [1.82, 2.24) is 0 Å². The van der Waals surface area contributed by atoms with E-state index in [2.05, 4.69) is 0 Å². The third-order valence-corrected chi connectivity index (χ3v) is 2.13. The van der Waals surface area contributed by atoms with Crippen LogP contribution in [0.25, 0.3) is 0 Å². The van der Waals surface area contributed by atoms with Crippen LogP contribution in [0.4, 0.5) is 0 Å². The molecule has 1 aromatic rings. The molecule has 5 heteroatoms. The molecule has 0 aliphatic rings. The average Bonchev–Trinajstić information content (AvgIpc) is 2.17. The van der Waals surface area contributed by atoms with Crippen LogP contribution in [0.15, 0.2) is 18.2 Å². The Balaban J connectivity index is 0.00000225. The van der Waals surface area contributed by atoms with Crippen molar-refractivity contribution >= 4 is 11.6 Å². The molecule has 0 aromatic carbocycles. The number of hydrogen-bond acceptors (Lipinski definition) is 3. The van der Waals surface area contributed by atoms with Gasteiger partial charge in [0.2, 0.25) is 23.0 Å². The molecule has 1 heterocycles. The van der Waals surface area contributed by atoms with E-state index in [1.165, 1.54) is 13.8 Å². The van der Waals surface area contributed by atoms with Gasteiger partial charge in [-0.2, -0.15) is 4.57 Å². The number of ketones is 2. The first-order valence-electron chi connectivity index (χ1n) is 4.73. The number of rotatable bonds is 4. The SMILES string of the molecule is CC(=O)c1cccc(C(C)=O)[n+]1CCO.[Br-]. The van der Waals surface area contributed by atoms with Gasteiger partial charge in [-0.1, -0.05) is 0 Å². The number of aliphatic hydroxyl groups is 1. The molecule has 0 amide bonds. The van der Waals surface area contributed by atoms with Crippen LogP contribution in [0.3, 0.4) is 0 Å². The molecule has 1 aromatic heterocycles. The Hall–Kier alpha value is -1.07. The van der Waals surface area contributed by atoms with Gasteiger partial charge < -0.3 is 22.1 Å². The molecule has 0 spiro atoms. The number of carbonyl (C=O) groups is 2. The standard InChI is InChI=1S/C11H14NO3.BrH/c1-8(14)10-4-3-5-11(9(2)15)12(10)6-7-13;/h3-5,13H,6-7H2,1-2H3;1H/q+1;/p-1. The molecule has 0 aliphatic heterocycles. The predicted octanol–water partition coefficient (Wildman–Crippen LogP) is -2.62. The van der Waals surface area contributed by atoms with Gasteiger partial charge in [0.25, 0.3) is 0 Å². The number of aliphatic hydroxyl groups excluding tert-OH is 1. The van der Waals surface area contributed by atoms with E-state index < -0.39 is 0 Å². The largest absolute Gasteiger partial charge is 1.00 e. The van der Waals surface area contributed by atoms with E-state index >= 15 is 0 Å². The lowest BCUT2D eigenvalue weighted by atomic mass is 10.2. The van der Waals surface area contributed by atoms with Crippen LogP contribution in [-0.2, 0) is 6.54 Å². The molecule has 16 heavy (non-hydrogen) atoms. The number of pyridine rings is 1. The Bertz CT molecular complexity index is 372. The number of hydrogen-bond donors (Lipinski definition) is 1. The molecule has 1 rings (SSSR count). The van der Waals surface area contributed by atoms with Gasteiger partial charge in [-0.3, -0.25) is 9.59 Å². The topological polar surface area (TPSA) is 58.2 Å². The quantitative estimate of drug-likeness (QED) is 0.487. The van der Waals surface area contributed by atoms with Crippen LogP contribution in [-0.4, -0.2) is 23.3 Å². The van der Waals surface area contributed by atoms with Gasteiger partial charge in [0.05, 0.1) is 0 Å². The highest BCUT2D eigenvalue weighted by Gasteiger charge is 2.21. The van der Waals surface area contributed by atoms with E-state index in [-0.39, 0.29) is 41.7 Å². The highest BCUT2D eigenvalue weighted by atomic mass is 79.9. The number of carbonyl (C=O) groups excluding carboxylic acids is 2. The summed E-state index contributed by atoms with van der Waals surface area (Å²) in [7, 11) is 0. The minimum absolute atomic E-state index is 0. The van der Waals surface area contributed by atoms with Crippen molar-refractivity contribution in [2.75, 3.05) is 6.61 Å². The Labute approximate surface area is 105 Å². The van der Waals surface area contributed by atoms with E-state index in [1.54, 1.807) is 22.8 Å². The second kappa shape index (κ2) is 6.50. The van der Waals surface area contributed by atoms with E-state index in [4.69, 9.17) is 5.11 Å². The van der Waals surface area contributed by atoms with Crippen LogP contribution in [0, 0.1) is 0 Å². The third kappa shape index (κ3) is 3.21. The lowest BCUT2D eigenvalue weighted by Crippen LogP contribution is -3.00. The second-order valence-electron chi connectivity index (χ2n) is 3.28. The summed E-state index contributed by atoms with van der Waals surface area (Å²) in [6.07, 6.45) is 0. The van der Waals surface area contributed by atoms with E-state index in [0.717, 1.165) is 0 Å².